The summed E-state index contributed by atoms with van der Waals surface area (Å²) in [5.74, 6) is 0.885. The molecule has 1 saturated heterocycles. The topological polar surface area (TPSA) is 3.24 Å². The van der Waals surface area contributed by atoms with Gasteiger partial charge in [0.05, 0.1) is 9.68 Å². The molecule has 0 N–H and O–H groups in total. The van der Waals surface area contributed by atoms with Gasteiger partial charge >= 0.3 is 0 Å². The molecule has 1 heterocycles. The first-order valence-electron chi connectivity index (χ1n) is 4.01. The van der Waals surface area contributed by atoms with Gasteiger partial charge in [-0.1, -0.05) is 13.8 Å². The Morgan fingerprint density at radius 1 is 1.56 bits per heavy atom. The first-order valence-corrected chi connectivity index (χ1v) is 5.64. The Balaban J connectivity index is 2.11. The van der Waals surface area contributed by atoms with Crippen LogP contribution in [0, 0.1) is 5.92 Å². The van der Waals surface area contributed by atoms with Gasteiger partial charge in [0.25, 0.3) is 0 Å². The molecule has 1 fully saturated rings. The number of rotatable bonds is 2. The van der Waals surface area contributed by atoms with Gasteiger partial charge in [0.1, 0.15) is 0 Å². The van der Waals surface area contributed by atoms with Crippen molar-refractivity contribution in [2.24, 2.45) is 5.92 Å². The van der Waals surface area contributed by atoms with Crippen molar-refractivity contribution in [2.45, 2.75) is 26.3 Å². The maximum Gasteiger partial charge on any atom is 0.0951 e. The standard InChI is InChI=1S/C7H17NSi/c1-7(2)6-8-4-3-5-9-8/h7H,3-6,9H2,1-2H3. The molecule has 2 heteroatoms. The van der Waals surface area contributed by atoms with Crippen molar-refractivity contribution >= 4 is 9.68 Å². The minimum Gasteiger partial charge on any atom is -0.329 e. The number of hydrogen-bond acceptors (Lipinski definition) is 1. The van der Waals surface area contributed by atoms with Gasteiger partial charge < -0.3 is 4.57 Å². The largest absolute Gasteiger partial charge is 0.329 e. The molecule has 1 rings (SSSR count). The van der Waals surface area contributed by atoms with Crippen LogP contribution in [0.5, 0.6) is 0 Å². The van der Waals surface area contributed by atoms with Gasteiger partial charge in [0, 0.05) is 0 Å². The average Bonchev–Trinajstić information content (AvgIpc) is 2.15. The Morgan fingerprint density at radius 3 is 2.78 bits per heavy atom. The van der Waals surface area contributed by atoms with Crippen molar-refractivity contribution in [3.8, 4) is 0 Å². The average molecular weight is 143 g/mol. The first-order chi connectivity index (χ1) is 4.29. The summed E-state index contributed by atoms with van der Waals surface area (Å²) in [6, 6.07) is 1.56. The van der Waals surface area contributed by atoms with Crippen LogP contribution in [-0.4, -0.2) is 27.3 Å². The Kier molecular flexibility index (Phi) is 2.73. The fraction of sp³-hybridized carbons (Fsp3) is 1.00. The number of nitrogens with zero attached hydrogens (tertiary/aromatic N) is 1. The quantitative estimate of drug-likeness (QED) is 0.518. The second-order valence-electron chi connectivity index (χ2n) is 3.40. The Morgan fingerprint density at radius 2 is 2.33 bits per heavy atom. The third kappa shape index (κ3) is 2.50. The lowest BCUT2D eigenvalue weighted by Gasteiger charge is -2.16. The second kappa shape index (κ2) is 3.37. The zero-order chi connectivity index (χ0) is 6.69. The molecule has 9 heavy (non-hydrogen) atoms. The molecule has 1 aliphatic heterocycles. The van der Waals surface area contributed by atoms with Crippen LogP contribution in [-0.2, 0) is 0 Å². The van der Waals surface area contributed by atoms with E-state index in [0.29, 0.717) is 0 Å². The fourth-order valence-electron chi connectivity index (χ4n) is 1.48. The van der Waals surface area contributed by atoms with Gasteiger partial charge in [-0.05, 0) is 31.5 Å². The molecule has 0 aromatic heterocycles. The van der Waals surface area contributed by atoms with E-state index in [0.717, 1.165) is 5.92 Å². The molecule has 0 spiro atoms. The lowest BCUT2D eigenvalue weighted by atomic mass is 10.2. The molecule has 54 valence electrons. The Hall–Kier alpha value is 0.177. The van der Waals surface area contributed by atoms with E-state index in [2.05, 4.69) is 18.4 Å². The summed E-state index contributed by atoms with van der Waals surface area (Å²) in [7, 11) is 0.248. The molecule has 0 aromatic rings. The third-order valence-corrected chi connectivity index (χ3v) is 3.85. The minimum absolute atomic E-state index is 0.248. The zero-order valence-corrected chi connectivity index (χ0v) is 7.97. The van der Waals surface area contributed by atoms with Crippen LogP contribution < -0.4 is 0 Å². The molecule has 0 radical (unpaired) electrons. The van der Waals surface area contributed by atoms with E-state index in [9.17, 15) is 0 Å². The van der Waals surface area contributed by atoms with E-state index in [1.807, 2.05) is 0 Å². The van der Waals surface area contributed by atoms with Crippen molar-refractivity contribution in [3.63, 3.8) is 0 Å². The first kappa shape index (κ1) is 7.29. The molecule has 0 unspecified atom stereocenters. The fourth-order valence-corrected chi connectivity index (χ4v) is 3.52. The van der Waals surface area contributed by atoms with Crippen LogP contribution >= 0.6 is 0 Å². The molecule has 0 saturated carbocycles. The van der Waals surface area contributed by atoms with E-state index in [-0.39, 0.29) is 9.68 Å². The summed E-state index contributed by atoms with van der Waals surface area (Å²) >= 11 is 0. The molecular weight excluding hydrogens is 126 g/mol. The lowest BCUT2D eigenvalue weighted by molar-refractivity contribution is 0.408. The second-order valence-corrected chi connectivity index (χ2v) is 5.45. The van der Waals surface area contributed by atoms with Crippen molar-refractivity contribution in [1.29, 1.82) is 0 Å². The summed E-state index contributed by atoms with van der Waals surface area (Å²) in [6.07, 6.45) is 1.49. The normalized spacial score (nSPS) is 24.3. The van der Waals surface area contributed by atoms with Gasteiger partial charge in [-0.3, -0.25) is 0 Å². The summed E-state index contributed by atoms with van der Waals surface area (Å²) in [4.78, 5) is 0. The van der Waals surface area contributed by atoms with Crippen LogP contribution in [0.25, 0.3) is 0 Å². The van der Waals surface area contributed by atoms with Crippen molar-refractivity contribution in [1.82, 2.24) is 4.57 Å². The van der Waals surface area contributed by atoms with Crippen LogP contribution in [0.3, 0.4) is 0 Å². The van der Waals surface area contributed by atoms with E-state index in [4.69, 9.17) is 0 Å². The minimum atomic E-state index is 0.248. The molecule has 0 aromatic carbocycles. The zero-order valence-electron chi connectivity index (χ0n) is 6.56. The third-order valence-electron chi connectivity index (χ3n) is 1.82. The predicted molar refractivity (Wildman–Crippen MR) is 44.4 cm³/mol. The van der Waals surface area contributed by atoms with Crippen molar-refractivity contribution in [3.05, 3.63) is 0 Å². The molecule has 1 nitrogen and oxygen atoms in total. The number of hydrogen-bond donors (Lipinski definition) is 0. The highest BCUT2D eigenvalue weighted by molar-refractivity contribution is 6.32. The van der Waals surface area contributed by atoms with Crippen LogP contribution in [0.4, 0.5) is 0 Å². The Bertz CT molecular complexity index is 77.0. The highest BCUT2D eigenvalue weighted by atomic mass is 28.2. The highest BCUT2D eigenvalue weighted by Gasteiger charge is 2.11. The van der Waals surface area contributed by atoms with Crippen molar-refractivity contribution in [2.75, 3.05) is 13.1 Å². The van der Waals surface area contributed by atoms with E-state index >= 15 is 0 Å². The maximum absolute atomic E-state index is 2.70. The van der Waals surface area contributed by atoms with Crippen LogP contribution in [0.15, 0.2) is 0 Å². The Labute approximate surface area is 60.3 Å². The molecule has 0 atom stereocenters. The smallest absolute Gasteiger partial charge is 0.0951 e. The summed E-state index contributed by atoms with van der Waals surface area (Å²) in [5.41, 5.74) is 0. The van der Waals surface area contributed by atoms with Crippen LogP contribution in [0.1, 0.15) is 20.3 Å². The molecule has 1 aliphatic rings. The summed E-state index contributed by atoms with van der Waals surface area (Å²) in [5, 5.41) is 0. The molecule has 0 amide bonds. The molecular formula is C7H17NSi. The molecule has 0 aliphatic carbocycles. The predicted octanol–water partition coefficient (Wildman–Crippen LogP) is 0.850. The van der Waals surface area contributed by atoms with E-state index in [1.165, 1.54) is 19.5 Å². The summed E-state index contributed by atoms with van der Waals surface area (Å²) in [6.45, 7) is 7.40. The monoisotopic (exact) mass is 143 g/mol. The summed E-state index contributed by atoms with van der Waals surface area (Å²) < 4.78 is 2.70. The van der Waals surface area contributed by atoms with Gasteiger partial charge in [0.15, 0.2) is 0 Å². The van der Waals surface area contributed by atoms with E-state index < -0.39 is 0 Å². The van der Waals surface area contributed by atoms with Gasteiger partial charge in [-0.25, -0.2) is 0 Å². The van der Waals surface area contributed by atoms with E-state index in [1.54, 1.807) is 6.04 Å². The van der Waals surface area contributed by atoms with Gasteiger partial charge in [0.2, 0.25) is 0 Å². The van der Waals surface area contributed by atoms with Gasteiger partial charge in [-0.15, -0.1) is 0 Å². The highest BCUT2D eigenvalue weighted by Crippen LogP contribution is 2.07. The van der Waals surface area contributed by atoms with Crippen molar-refractivity contribution < 1.29 is 0 Å². The van der Waals surface area contributed by atoms with Gasteiger partial charge in [-0.2, -0.15) is 0 Å². The lowest BCUT2D eigenvalue weighted by Crippen LogP contribution is -2.26. The SMILES string of the molecule is CC(C)CN1CCC[SiH2]1. The maximum atomic E-state index is 2.70. The van der Waals surface area contributed by atoms with Crippen LogP contribution in [0.2, 0.25) is 6.04 Å². The molecule has 0 bridgehead atoms.